The molecular formula is C16H18FN3O3. The zero-order valence-corrected chi connectivity index (χ0v) is 13.0. The van der Waals surface area contributed by atoms with Crippen LogP contribution < -0.4 is 10.9 Å². The number of benzene rings is 1. The van der Waals surface area contributed by atoms with Gasteiger partial charge < -0.3 is 10.1 Å². The van der Waals surface area contributed by atoms with Crippen molar-refractivity contribution in [3.8, 4) is 5.69 Å². The van der Waals surface area contributed by atoms with Crippen LogP contribution in [0.4, 0.5) is 10.1 Å². The van der Waals surface area contributed by atoms with Crippen LogP contribution in [0.3, 0.4) is 0 Å². The van der Waals surface area contributed by atoms with Gasteiger partial charge in [-0.05, 0) is 37.6 Å². The van der Waals surface area contributed by atoms with Gasteiger partial charge >= 0.3 is 5.97 Å². The Morgan fingerprint density at radius 2 is 2.00 bits per heavy atom. The van der Waals surface area contributed by atoms with Crippen molar-refractivity contribution in [3.63, 3.8) is 0 Å². The van der Waals surface area contributed by atoms with E-state index in [9.17, 15) is 14.0 Å². The van der Waals surface area contributed by atoms with Crippen LogP contribution in [-0.4, -0.2) is 28.9 Å². The molecule has 23 heavy (non-hydrogen) atoms. The number of hydrogen-bond donors (Lipinski definition) is 1. The molecule has 7 heteroatoms. The van der Waals surface area contributed by atoms with Crippen molar-refractivity contribution < 1.29 is 13.9 Å². The van der Waals surface area contributed by atoms with Gasteiger partial charge in [-0.2, -0.15) is 9.78 Å². The second kappa shape index (κ2) is 7.53. The molecule has 0 bridgehead atoms. The maximum absolute atomic E-state index is 13.0. The van der Waals surface area contributed by atoms with Gasteiger partial charge in [0, 0.05) is 12.6 Å². The Bertz CT molecular complexity index is 741. The van der Waals surface area contributed by atoms with E-state index in [0.717, 1.165) is 11.1 Å². The fourth-order valence-electron chi connectivity index (χ4n) is 1.97. The average Bonchev–Trinajstić information content (AvgIpc) is 2.54. The number of ether oxygens (including phenoxy) is 1. The van der Waals surface area contributed by atoms with Gasteiger partial charge in [0.15, 0.2) is 5.69 Å². The van der Waals surface area contributed by atoms with E-state index in [2.05, 4.69) is 10.4 Å². The lowest BCUT2D eigenvalue weighted by Gasteiger charge is -2.12. The fraction of sp³-hybridized carbons (Fsp3) is 0.312. The predicted octanol–water partition coefficient (Wildman–Crippen LogP) is 2.37. The van der Waals surface area contributed by atoms with Crippen molar-refractivity contribution in [2.75, 3.05) is 18.5 Å². The summed E-state index contributed by atoms with van der Waals surface area (Å²) in [4.78, 5) is 24.3. The van der Waals surface area contributed by atoms with Crippen molar-refractivity contribution in [1.82, 2.24) is 9.78 Å². The molecule has 0 radical (unpaired) electrons. The van der Waals surface area contributed by atoms with E-state index in [1.54, 1.807) is 6.92 Å². The standard InChI is InChI=1S/C16H18FN3O3/c1-3-9-18-13-10-14(21)20(12-7-5-11(17)6-8-12)19-15(13)16(22)23-4-2/h5-8,10,18H,3-4,9H2,1-2H3. The van der Waals surface area contributed by atoms with Crippen LogP contribution in [-0.2, 0) is 4.74 Å². The smallest absolute Gasteiger partial charge is 0.360 e. The van der Waals surface area contributed by atoms with Gasteiger partial charge in [-0.3, -0.25) is 4.79 Å². The van der Waals surface area contributed by atoms with E-state index >= 15 is 0 Å². The topological polar surface area (TPSA) is 73.2 Å². The van der Waals surface area contributed by atoms with E-state index in [1.807, 2.05) is 6.92 Å². The number of carbonyl (C=O) groups is 1. The lowest BCUT2D eigenvalue weighted by molar-refractivity contribution is 0.0518. The Hall–Kier alpha value is -2.70. The lowest BCUT2D eigenvalue weighted by Crippen LogP contribution is -2.26. The minimum absolute atomic E-state index is 0.0178. The van der Waals surface area contributed by atoms with E-state index < -0.39 is 17.3 Å². The van der Waals surface area contributed by atoms with Gasteiger partial charge in [0.2, 0.25) is 0 Å². The Balaban J connectivity index is 2.52. The van der Waals surface area contributed by atoms with Crippen molar-refractivity contribution >= 4 is 11.7 Å². The molecule has 1 aromatic heterocycles. The molecule has 0 aliphatic rings. The second-order valence-corrected chi connectivity index (χ2v) is 4.78. The van der Waals surface area contributed by atoms with Crippen LogP contribution in [0.5, 0.6) is 0 Å². The highest BCUT2D eigenvalue weighted by molar-refractivity contribution is 5.93. The summed E-state index contributed by atoms with van der Waals surface area (Å²) in [5, 5.41) is 7.08. The zero-order chi connectivity index (χ0) is 16.8. The number of aromatic nitrogens is 2. The van der Waals surface area contributed by atoms with E-state index in [-0.39, 0.29) is 12.3 Å². The number of esters is 1. The minimum atomic E-state index is -0.623. The summed E-state index contributed by atoms with van der Waals surface area (Å²) >= 11 is 0. The van der Waals surface area contributed by atoms with Crippen molar-refractivity contribution in [3.05, 3.63) is 52.2 Å². The molecule has 0 amide bonds. The Morgan fingerprint density at radius 3 is 2.61 bits per heavy atom. The molecule has 0 unspecified atom stereocenters. The number of halogens is 1. The van der Waals surface area contributed by atoms with Crippen LogP contribution in [0.25, 0.3) is 5.69 Å². The maximum atomic E-state index is 13.0. The van der Waals surface area contributed by atoms with Gasteiger partial charge in [0.05, 0.1) is 18.0 Å². The van der Waals surface area contributed by atoms with Crippen LogP contribution in [0.1, 0.15) is 30.8 Å². The average molecular weight is 319 g/mol. The van der Waals surface area contributed by atoms with E-state index in [0.29, 0.717) is 17.9 Å². The fourth-order valence-corrected chi connectivity index (χ4v) is 1.97. The molecule has 1 aromatic carbocycles. The largest absolute Gasteiger partial charge is 0.461 e. The third-order valence-electron chi connectivity index (χ3n) is 3.04. The van der Waals surface area contributed by atoms with E-state index in [1.165, 1.54) is 30.3 Å². The molecule has 122 valence electrons. The summed E-state index contributed by atoms with van der Waals surface area (Å²) in [5.74, 6) is -1.05. The number of rotatable bonds is 6. The zero-order valence-electron chi connectivity index (χ0n) is 13.0. The molecule has 1 heterocycles. The van der Waals surface area contributed by atoms with Gasteiger partial charge in [-0.25, -0.2) is 9.18 Å². The van der Waals surface area contributed by atoms with Gasteiger partial charge in [-0.15, -0.1) is 0 Å². The Labute approximate surface area is 132 Å². The monoisotopic (exact) mass is 319 g/mol. The molecule has 6 nitrogen and oxygen atoms in total. The molecule has 0 spiro atoms. The van der Waals surface area contributed by atoms with Crippen LogP contribution in [0.2, 0.25) is 0 Å². The summed E-state index contributed by atoms with van der Waals surface area (Å²) < 4.78 is 19.0. The molecule has 0 aliphatic heterocycles. The van der Waals surface area contributed by atoms with Gasteiger partial charge in [-0.1, -0.05) is 6.92 Å². The maximum Gasteiger partial charge on any atom is 0.360 e. The molecular weight excluding hydrogens is 301 g/mol. The predicted molar refractivity (Wildman–Crippen MR) is 84.5 cm³/mol. The normalized spacial score (nSPS) is 10.4. The summed E-state index contributed by atoms with van der Waals surface area (Å²) in [5.41, 5.74) is 0.283. The summed E-state index contributed by atoms with van der Waals surface area (Å²) in [6.45, 7) is 4.44. The number of carbonyl (C=O) groups excluding carboxylic acids is 1. The first kappa shape index (κ1) is 16.7. The van der Waals surface area contributed by atoms with Crippen LogP contribution in [0, 0.1) is 5.82 Å². The second-order valence-electron chi connectivity index (χ2n) is 4.78. The first-order valence-corrected chi connectivity index (χ1v) is 7.38. The summed E-state index contributed by atoms with van der Waals surface area (Å²) in [6.07, 6.45) is 0.823. The number of hydrogen-bond acceptors (Lipinski definition) is 5. The molecule has 0 fully saturated rings. The quantitative estimate of drug-likeness (QED) is 0.828. The van der Waals surface area contributed by atoms with Gasteiger partial charge in [0.25, 0.3) is 5.56 Å². The van der Waals surface area contributed by atoms with Crippen molar-refractivity contribution in [1.29, 1.82) is 0 Å². The third kappa shape index (κ3) is 3.94. The number of nitrogens with one attached hydrogen (secondary N) is 1. The summed E-state index contributed by atoms with van der Waals surface area (Å²) in [6, 6.07) is 6.56. The number of anilines is 1. The molecule has 0 aliphatic carbocycles. The Morgan fingerprint density at radius 1 is 1.30 bits per heavy atom. The molecule has 2 rings (SSSR count). The highest BCUT2D eigenvalue weighted by Crippen LogP contribution is 2.14. The molecule has 0 atom stereocenters. The van der Waals surface area contributed by atoms with Gasteiger partial charge in [0.1, 0.15) is 5.82 Å². The first-order chi connectivity index (χ1) is 11.1. The molecule has 1 N–H and O–H groups in total. The SMILES string of the molecule is CCCNc1cc(=O)n(-c2ccc(F)cc2)nc1C(=O)OCC. The molecule has 2 aromatic rings. The highest BCUT2D eigenvalue weighted by atomic mass is 19.1. The highest BCUT2D eigenvalue weighted by Gasteiger charge is 2.18. The molecule has 0 saturated carbocycles. The number of nitrogens with zero attached hydrogens (tertiary/aromatic N) is 2. The minimum Gasteiger partial charge on any atom is -0.461 e. The first-order valence-electron chi connectivity index (χ1n) is 7.38. The van der Waals surface area contributed by atoms with Crippen molar-refractivity contribution in [2.45, 2.75) is 20.3 Å². The third-order valence-corrected chi connectivity index (χ3v) is 3.04. The van der Waals surface area contributed by atoms with Crippen LogP contribution in [0.15, 0.2) is 35.1 Å². The lowest BCUT2D eigenvalue weighted by atomic mass is 10.3. The molecule has 0 saturated heterocycles. The van der Waals surface area contributed by atoms with Crippen LogP contribution >= 0.6 is 0 Å². The van der Waals surface area contributed by atoms with E-state index in [4.69, 9.17) is 4.74 Å². The summed E-state index contributed by atoms with van der Waals surface area (Å²) in [7, 11) is 0. The Kier molecular flexibility index (Phi) is 5.46. The van der Waals surface area contributed by atoms with Crippen molar-refractivity contribution in [2.24, 2.45) is 0 Å².